The Morgan fingerprint density at radius 1 is 1.62 bits per heavy atom. The molecular formula is C4H6NO3-. The summed E-state index contributed by atoms with van der Waals surface area (Å²) in [6.45, 7) is 1.10. The van der Waals surface area contributed by atoms with Crippen LogP contribution in [-0.2, 0) is 9.59 Å². The summed E-state index contributed by atoms with van der Waals surface area (Å²) in [7, 11) is 0. The summed E-state index contributed by atoms with van der Waals surface area (Å²) < 4.78 is 0. The molecule has 0 aliphatic rings. The third-order valence-electron chi connectivity index (χ3n) is 0.692. The highest BCUT2D eigenvalue weighted by molar-refractivity contribution is 5.99. The standard InChI is InChI=1S/C4H7NO3/c1-2(6)3(5)4(7)8/h3H,5H2,1H3,(H,7,8)/p-1. The van der Waals surface area contributed by atoms with Crippen LogP contribution in [0.3, 0.4) is 0 Å². The lowest BCUT2D eigenvalue weighted by Gasteiger charge is -2.05. The van der Waals surface area contributed by atoms with Crippen LogP contribution in [0.15, 0.2) is 0 Å². The first-order valence-electron chi connectivity index (χ1n) is 2.02. The van der Waals surface area contributed by atoms with E-state index in [0.29, 0.717) is 0 Å². The SMILES string of the molecule is CC(=O)C(N)C(=O)[O-]. The normalized spacial score (nSPS) is 12.8. The van der Waals surface area contributed by atoms with Crippen LogP contribution < -0.4 is 10.8 Å². The van der Waals surface area contributed by atoms with Gasteiger partial charge in [0.1, 0.15) is 6.04 Å². The second-order valence-corrected chi connectivity index (χ2v) is 1.41. The molecule has 0 aliphatic carbocycles. The first-order chi connectivity index (χ1) is 3.55. The summed E-state index contributed by atoms with van der Waals surface area (Å²) in [5, 5.41) is 9.68. The molecule has 2 N–H and O–H groups in total. The second-order valence-electron chi connectivity index (χ2n) is 1.41. The number of carbonyl (C=O) groups excluding carboxylic acids is 2. The maximum atomic E-state index is 10.0. The highest BCUT2D eigenvalue weighted by Crippen LogP contribution is 1.74. The molecule has 0 rings (SSSR count). The molecule has 0 aromatic heterocycles. The Morgan fingerprint density at radius 3 is 2.00 bits per heavy atom. The van der Waals surface area contributed by atoms with Crippen molar-refractivity contribution in [2.75, 3.05) is 0 Å². The van der Waals surface area contributed by atoms with Crippen LogP contribution in [0.25, 0.3) is 0 Å². The molecule has 0 aliphatic heterocycles. The number of hydrogen-bond donors (Lipinski definition) is 1. The molecule has 46 valence electrons. The summed E-state index contributed by atoms with van der Waals surface area (Å²) >= 11 is 0. The summed E-state index contributed by atoms with van der Waals surface area (Å²) in [5.41, 5.74) is 4.75. The molecule has 0 heterocycles. The van der Waals surface area contributed by atoms with E-state index in [1.165, 1.54) is 0 Å². The lowest BCUT2D eigenvalue weighted by atomic mass is 10.2. The van der Waals surface area contributed by atoms with Crippen molar-refractivity contribution in [3.63, 3.8) is 0 Å². The van der Waals surface area contributed by atoms with Crippen molar-refractivity contribution >= 4 is 11.8 Å². The van der Waals surface area contributed by atoms with E-state index in [2.05, 4.69) is 0 Å². The zero-order valence-corrected chi connectivity index (χ0v) is 4.38. The van der Waals surface area contributed by atoms with Crippen molar-refractivity contribution in [3.8, 4) is 0 Å². The number of aliphatic carboxylic acids is 1. The molecule has 8 heavy (non-hydrogen) atoms. The number of carboxylic acids is 1. The van der Waals surface area contributed by atoms with Gasteiger partial charge in [0.2, 0.25) is 0 Å². The Bertz CT molecular complexity index is 106. The van der Waals surface area contributed by atoms with Crippen molar-refractivity contribution in [3.05, 3.63) is 0 Å². The molecule has 0 aromatic carbocycles. The fourth-order valence-corrected chi connectivity index (χ4v) is 0.166. The van der Waals surface area contributed by atoms with Crippen molar-refractivity contribution in [1.82, 2.24) is 0 Å². The van der Waals surface area contributed by atoms with Gasteiger partial charge in [-0.25, -0.2) is 0 Å². The number of Topliss-reactive ketones (excluding diaryl/α,β-unsaturated/α-hetero) is 1. The smallest absolute Gasteiger partial charge is 0.152 e. The lowest BCUT2D eigenvalue weighted by Crippen LogP contribution is -2.46. The number of carbonyl (C=O) groups is 2. The average molecular weight is 116 g/mol. The molecule has 0 radical (unpaired) electrons. The zero-order valence-electron chi connectivity index (χ0n) is 4.38. The van der Waals surface area contributed by atoms with Crippen LogP contribution in [0.4, 0.5) is 0 Å². The quantitative estimate of drug-likeness (QED) is 0.409. The third-order valence-corrected chi connectivity index (χ3v) is 0.692. The number of hydrogen-bond acceptors (Lipinski definition) is 4. The molecule has 4 nitrogen and oxygen atoms in total. The van der Waals surface area contributed by atoms with E-state index >= 15 is 0 Å². The topological polar surface area (TPSA) is 83.2 Å². The summed E-state index contributed by atoms with van der Waals surface area (Å²) in [6, 6.07) is -1.46. The van der Waals surface area contributed by atoms with Gasteiger partial charge >= 0.3 is 0 Å². The van der Waals surface area contributed by atoms with Crippen LogP contribution in [0.5, 0.6) is 0 Å². The first-order valence-corrected chi connectivity index (χ1v) is 2.02. The van der Waals surface area contributed by atoms with Gasteiger partial charge in [-0.2, -0.15) is 0 Å². The minimum Gasteiger partial charge on any atom is -0.548 e. The number of nitrogens with two attached hydrogens (primary N) is 1. The van der Waals surface area contributed by atoms with Crippen LogP contribution in [0, 0.1) is 0 Å². The van der Waals surface area contributed by atoms with Gasteiger partial charge in [0.05, 0.1) is 5.97 Å². The molecule has 4 heteroatoms. The number of ketones is 1. The summed E-state index contributed by atoms with van der Waals surface area (Å²) in [6.07, 6.45) is 0. The van der Waals surface area contributed by atoms with E-state index in [4.69, 9.17) is 5.73 Å². The Labute approximate surface area is 46.3 Å². The fraction of sp³-hybridized carbons (Fsp3) is 0.500. The second kappa shape index (κ2) is 2.42. The van der Waals surface area contributed by atoms with E-state index in [1.807, 2.05) is 0 Å². The number of carboxylic acid groups (broad SMARTS) is 1. The first kappa shape index (κ1) is 7.10. The summed E-state index contributed by atoms with van der Waals surface area (Å²) in [5.74, 6) is -2.12. The van der Waals surface area contributed by atoms with E-state index in [1.54, 1.807) is 0 Å². The average Bonchev–Trinajstić information content (AvgIpc) is 1.64. The van der Waals surface area contributed by atoms with Crippen LogP contribution in [-0.4, -0.2) is 17.8 Å². The summed E-state index contributed by atoms with van der Waals surface area (Å²) in [4.78, 5) is 19.7. The molecule has 0 amide bonds. The Balaban J connectivity index is 3.83. The maximum Gasteiger partial charge on any atom is 0.152 e. The van der Waals surface area contributed by atoms with E-state index in [-0.39, 0.29) is 0 Å². The highest BCUT2D eigenvalue weighted by atomic mass is 16.4. The van der Waals surface area contributed by atoms with Gasteiger partial charge in [0, 0.05) is 0 Å². The monoisotopic (exact) mass is 116 g/mol. The molecule has 1 unspecified atom stereocenters. The number of rotatable bonds is 2. The Kier molecular flexibility index (Phi) is 2.15. The van der Waals surface area contributed by atoms with Crippen molar-refractivity contribution in [2.45, 2.75) is 13.0 Å². The van der Waals surface area contributed by atoms with Gasteiger partial charge < -0.3 is 15.6 Å². The van der Waals surface area contributed by atoms with Crippen LogP contribution in [0.2, 0.25) is 0 Å². The van der Waals surface area contributed by atoms with Gasteiger partial charge in [-0.1, -0.05) is 0 Å². The predicted octanol–water partition coefficient (Wildman–Crippen LogP) is -2.35. The van der Waals surface area contributed by atoms with Gasteiger partial charge in [0.25, 0.3) is 0 Å². The van der Waals surface area contributed by atoms with Gasteiger partial charge in [-0.05, 0) is 6.92 Å². The van der Waals surface area contributed by atoms with E-state index in [0.717, 1.165) is 6.92 Å². The molecule has 0 spiro atoms. The third kappa shape index (κ3) is 1.70. The van der Waals surface area contributed by atoms with Crippen molar-refractivity contribution in [2.24, 2.45) is 5.73 Å². The van der Waals surface area contributed by atoms with Gasteiger partial charge in [0.15, 0.2) is 5.78 Å². The molecule has 0 fully saturated rings. The van der Waals surface area contributed by atoms with Crippen LogP contribution in [0.1, 0.15) is 6.92 Å². The van der Waals surface area contributed by atoms with E-state index < -0.39 is 17.8 Å². The minimum atomic E-state index is -1.53. The maximum absolute atomic E-state index is 10.0. The molecule has 0 bridgehead atoms. The molecule has 0 saturated heterocycles. The Hall–Kier alpha value is -0.900. The molecule has 1 atom stereocenters. The highest BCUT2D eigenvalue weighted by Gasteiger charge is 2.06. The van der Waals surface area contributed by atoms with Gasteiger partial charge in [-0.3, -0.25) is 4.79 Å². The van der Waals surface area contributed by atoms with Gasteiger partial charge in [-0.15, -0.1) is 0 Å². The van der Waals surface area contributed by atoms with Crippen molar-refractivity contribution < 1.29 is 14.7 Å². The molecule has 0 saturated carbocycles. The predicted molar refractivity (Wildman–Crippen MR) is 23.7 cm³/mol. The Morgan fingerprint density at radius 2 is 2.00 bits per heavy atom. The zero-order chi connectivity index (χ0) is 6.73. The lowest BCUT2D eigenvalue weighted by molar-refractivity contribution is -0.306. The van der Waals surface area contributed by atoms with E-state index in [9.17, 15) is 14.7 Å². The van der Waals surface area contributed by atoms with Crippen LogP contribution >= 0.6 is 0 Å². The fourth-order valence-electron chi connectivity index (χ4n) is 0.166. The molecule has 0 aromatic rings. The van der Waals surface area contributed by atoms with Crippen molar-refractivity contribution in [1.29, 1.82) is 0 Å². The minimum absolute atomic E-state index is 0.593. The molecular weight excluding hydrogens is 110 g/mol. The largest absolute Gasteiger partial charge is 0.548 e.